The first kappa shape index (κ1) is 18.2. The van der Waals surface area contributed by atoms with Crippen LogP contribution in [0.1, 0.15) is 18.5 Å². The molecule has 2 aliphatic rings. The lowest BCUT2D eigenvalue weighted by Gasteiger charge is -2.34. The Bertz CT molecular complexity index is 740. The van der Waals surface area contributed by atoms with Crippen molar-refractivity contribution in [2.24, 2.45) is 11.8 Å². The van der Waals surface area contributed by atoms with Crippen molar-refractivity contribution in [1.29, 1.82) is 0 Å². The molecule has 1 aromatic carbocycles. The molecule has 0 radical (unpaired) electrons. The van der Waals surface area contributed by atoms with Crippen molar-refractivity contribution in [2.75, 3.05) is 39.4 Å². The summed E-state index contributed by atoms with van der Waals surface area (Å²) in [5.74, 6) is 1.85. The average molecular weight is 369 g/mol. The molecule has 0 spiro atoms. The summed E-state index contributed by atoms with van der Waals surface area (Å²) in [6, 6.07) is 12.1. The molecule has 2 fully saturated rings. The molecule has 0 saturated carbocycles. The summed E-state index contributed by atoms with van der Waals surface area (Å²) < 4.78 is 10.9. The number of aromatic nitrogens is 1. The summed E-state index contributed by atoms with van der Waals surface area (Å²) in [5.41, 5.74) is 2.00. The van der Waals surface area contributed by atoms with Gasteiger partial charge in [-0.1, -0.05) is 35.5 Å². The van der Waals surface area contributed by atoms with Gasteiger partial charge in [-0.05, 0) is 37.8 Å². The van der Waals surface area contributed by atoms with Gasteiger partial charge in [0.05, 0.1) is 18.9 Å². The molecular weight excluding hydrogens is 342 g/mol. The molecule has 2 atom stereocenters. The quantitative estimate of drug-likeness (QED) is 0.876. The summed E-state index contributed by atoms with van der Waals surface area (Å²) in [5, 5.41) is 7.75. The minimum Gasteiger partial charge on any atom is -0.378 e. The van der Waals surface area contributed by atoms with Crippen molar-refractivity contribution in [1.82, 2.24) is 15.4 Å². The van der Waals surface area contributed by atoms with Crippen molar-refractivity contribution in [3.05, 3.63) is 42.1 Å². The first-order valence-electron chi connectivity index (χ1n) is 9.87. The van der Waals surface area contributed by atoms with Gasteiger partial charge in [0.1, 0.15) is 0 Å². The fourth-order valence-electron chi connectivity index (χ4n) is 4.07. The number of morpholine rings is 1. The molecule has 2 unspecified atom stereocenters. The van der Waals surface area contributed by atoms with Crippen LogP contribution in [0, 0.1) is 11.8 Å². The van der Waals surface area contributed by atoms with Crippen molar-refractivity contribution in [3.63, 3.8) is 0 Å². The molecule has 6 heteroatoms. The van der Waals surface area contributed by atoms with Crippen molar-refractivity contribution in [3.8, 4) is 11.3 Å². The molecule has 144 valence electrons. The minimum absolute atomic E-state index is 0.264. The first-order chi connectivity index (χ1) is 13.3. The lowest BCUT2D eigenvalue weighted by atomic mass is 9.81. The molecule has 1 aromatic heterocycles. The number of carbonyl (C=O) groups is 1. The number of carbonyl (C=O) groups excluding carboxylic acids is 1. The highest BCUT2D eigenvalue weighted by Gasteiger charge is 2.30. The highest BCUT2D eigenvalue weighted by Crippen LogP contribution is 2.28. The van der Waals surface area contributed by atoms with Gasteiger partial charge in [0.2, 0.25) is 5.91 Å². The Kier molecular flexibility index (Phi) is 5.84. The molecule has 3 heterocycles. The van der Waals surface area contributed by atoms with E-state index in [0.717, 1.165) is 56.0 Å². The number of nitrogens with zero attached hydrogens (tertiary/aromatic N) is 2. The highest BCUT2D eigenvalue weighted by molar-refractivity contribution is 5.76. The molecule has 1 N–H and O–H groups in total. The Hall–Kier alpha value is -2.18. The van der Waals surface area contributed by atoms with Gasteiger partial charge in [0.25, 0.3) is 0 Å². The summed E-state index contributed by atoms with van der Waals surface area (Å²) in [7, 11) is 0. The van der Waals surface area contributed by atoms with Gasteiger partial charge in [-0.2, -0.15) is 0 Å². The van der Waals surface area contributed by atoms with Gasteiger partial charge in [-0.15, -0.1) is 0 Å². The molecule has 0 aliphatic carbocycles. The summed E-state index contributed by atoms with van der Waals surface area (Å²) in [4.78, 5) is 14.6. The third-order valence-electron chi connectivity index (χ3n) is 5.65. The molecule has 2 aliphatic heterocycles. The van der Waals surface area contributed by atoms with E-state index in [1.54, 1.807) is 0 Å². The van der Waals surface area contributed by atoms with Gasteiger partial charge in [0, 0.05) is 31.1 Å². The minimum atomic E-state index is 0.264. The average Bonchev–Trinajstić information content (AvgIpc) is 3.19. The Morgan fingerprint density at radius 1 is 1.19 bits per heavy atom. The van der Waals surface area contributed by atoms with E-state index in [4.69, 9.17) is 9.26 Å². The Morgan fingerprint density at radius 3 is 2.81 bits per heavy atom. The van der Waals surface area contributed by atoms with Crippen LogP contribution in [-0.4, -0.2) is 55.4 Å². The highest BCUT2D eigenvalue weighted by atomic mass is 16.5. The van der Waals surface area contributed by atoms with Gasteiger partial charge < -0.3 is 19.5 Å². The normalized spacial score (nSPS) is 23.3. The zero-order valence-electron chi connectivity index (χ0n) is 15.6. The number of rotatable bonds is 5. The first-order valence-corrected chi connectivity index (χ1v) is 9.87. The fourth-order valence-corrected chi connectivity index (χ4v) is 4.07. The third-order valence-corrected chi connectivity index (χ3v) is 5.65. The van der Waals surface area contributed by atoms with E-state index in [2.05, 4.69) is 10.5 Å². The van der Waals surface area contributed by atoms with Crippen LogP contribution in [0.3, 0.4) is 0 Å². The van der Waals surface area contributed by atoms with Crippen molar-refractivity contribution >= 4 is 5.91 Å². The van der Waals surface area contributed by atoms with Crippen LogP contribution in [0.5, 0.6) is 0 Å². The topological polar surface area (TPSA) is 67.6 Å². The molecule has 2 aromatic rings. The number of hydrogen-bond donors (Lipinski definition) is 1. The van der Waals surface area contributed by atoms with E-state index in [1.807, 2.05) is 41.3 Å². The van der Waals surface area contributed by atoms with E-state index in [1.165, 1.54) is 0 Å². The van der Waals surface area contributed by atoms with E-state index >= 15 is 0 Å². The Balaban J connectivity index is 1.39. The van der Waals surface area contributed by atoms with Crippen LogP contribution in [0.4, 0.5) is 0 Å². The van der Waals surface area contributed by atoms with E-state index in [-0.39, 0.29) is 5.91 Å². The second-order valence-electron chi connectivity index (χ2n) is 7.46. The van der Waals surface area contributed by atoms with Crippen molar-refractivity contribution < 1.29 is 14.1 Å². The summed E-state index contributed by atoms with van der Waals surface area (Å²) >= 11 is 0. The molecular formula is C21H27N3O3. The predicted molar refractivity (Wildman–Crippen MR) is 102 cm³/mol. The van der Waals surface area contributed by atoms with Crippen LogP contribution in [-0.2, 0) is 16.0 Å². The van der Waals surface area contributed by atoms with Crippen LogP contribution in [0.15, 0.2) is 40.9 Å². The van der Waals surface area contributed by atoms with E-state index < -0.39 is 0 Å². The smallest absolute Gasteiger partial charge is 0.223 e. The van der Waals surface area contributed by atoms with Gasteiger partial charge >= 0.3 is 0 Å². The largest absolute Gasteiger partial charge is 0.378 e. The monoisotopic (exact) mass is 369 g/mol. The molecule has 27 heavy (non-hydrogen) atoms. The number of hydrogen-bond acceptors (Lipinski definition) is 5. The van der Waals surface area contributed by atoms with Crippen molar-refractivity contribution in [2.45, 2.75) is 19.3 Å². The maximum atomic E-state index is 12.7. The van der Waals surface area contributed by atoms with E-state index in [0.29, 0.717) is 31.5 Å². The second-order valence-corrected chi connectivity index (χ2v) is 7.46. The number of piperidine rings is 1. The maximum Gasteiger partial charge on any atom is 0.223 e. The third kappa shape index (κ3) is 4.57. The van der Waals surface area contributed by atoms with Gasteiger partial charge in [-0.3, -0.25) is 4.79 Å². The molecule has 1 amide bonds. The van der Waals surface area contributed by atoms with Gasteiger partial charge in [-0.25, -0.2) is 0 Å². The zero-order valence-corrected chi connectivity index (χ0v) is 15.6. The molecule has 6 nitrogen and oxygen atoms in total. The van der Waals surface area contributed by atoms with Gasteiger partial charge in [0.15, 0.2) is 5.76 Å². The SMILES string of the molecule is O=C(CC1CCNCC1Cc1cc(-c2ccccc2)on1)N1CCOCC1. The predicted octanol–water partition coefficient (Wildman–Crippen LogP) is 2.36. The molecule has 2 saturated heterocycles. The number of benzene rings is 1. The number of ether oxygens (including phenoxy) is 1. The Morgan fingerprint density at radius 2 is 2.00 bits per heavy atom. The molecule has 4 rings (SSSR count). The fraction of sp³-hybridized carbons (Fsp3) is 0.524. The Labute approximate surface area is 159 Å². The van der Waals surface area contributed by atoms with E-state index in [9.17, 15) is 4.79 Å². The van der Waals surface area contributed by atoms with Crippen LogP contribution in [0.25, 0.3) is 11.3 Å². The number of amides is 1. The number of nitrogens with one attached hydrogen (secondary N) is 1. The van der Waals surface area contributed by atoms with Crippen LogP contribution >= 0.6 is 0 Å². The van der Waals surface area contributed by atoms with Crippen LogP contribution < -0.4 is 5.32 Å². The lowest BCUT2D eigenvalue weighted by molar-refractivity contribution is -0.136. The summed E-state index contributed by atoms with van der Waals surface area (Å²) in [6.45, 7) is 4.65. The van der Waals surface area contributed by atoms with Crippen LogP contribution in [0.2, 0.25) is 0 Å². The maximum absolute atomic E-state index is 12.7. The second kappa shape index (κ2) is 8.67. The lowest BCUT2D eigenvalue weighted by Crippen LogP contribution is -2.44. The zero-order chi connectivity index (χ0) is 18.5. The standard InChI is InChI=1S/C21H27N3O3/c25-21(24-8-10-26-11-9-24)13-17-6-7-22-15-18(17)12-19-14-20(27-23-19)16-4-2-1-3-5-16/h1-5,14,17-18,22H,6-13,15H2. The molecule has 0 bridgehead atoms. The summed E-state index contributed by atoms with van der Waals surface area (Å²) in [6.07, 6.45) is 2.49.